The van der Waals surface area contributed by atoms with E-state index in [1.807, 2.05) is 6.26 Å². The van der Waals surface area contributed by atoms with Crippen LogP contribution in [0.25, 0.3) is 0 Å². The molecule has 0 fully saturated rings. The first-order valence-corrected chi connectivity index (χ1v) is 6.65. The number of aromatic nitrogens is 2. The molecule has 1 N–H and O–H groups in total. The van der Waals surface area contributed by atoms with Crippen LogP contribution in [0.1, 0.15) is 9.80 Å². The lowest BCUT2D eigenvalue weighted by molar-refractivity contribution is 0.0802. The molecule has 0 aromatic carbocycles. The number of thioether (sulfide) groups is 1. The third kappa shape index (κ3) is 3.35. The van der Waals surface area contributed by atoms with Crippen molar-refractivity contribution in [1.82, 2.24) is 15.1 Å². The molecule has 5 nitrogen and oxygen atoms in total. The topological polar surface area (TPSA) is 58.1 Å². The van der Waals surface area contributed by atoms with Crippen molar-refractivity contribution in [3.05, 3.63) is 5.01 Å². The zero-order chi connectivity index (χ0) is 11.3. The van der Waals surface area contributed by atoms with Crippen molar-refractivity contribution < 1.29 is 4.79 Å². The van der Waals surface area contributed by atoms with Crippen LogP contribution in [0, 0.1) is 0 Å². The molecule has 0 spiro atoms. The van der Waals surface area contributed by atoms with Gasteiger partial charge in [0.1, 0.15) is 0 Å². The number of rotatable bonds is 5. The second-order valence-electron chi connectivity index (χ2n) is 2.88. The molecular formula is C8H14N4OS2. The van der Waals surface area contributed by atoms with Gasteiger partial charge >= 0.3 is 0 Å². The molecular weight excluding hydrogens is 232 g/mol. The molecule has 0 unspecified atom stereocenters. The van der Waals surface area contributed by atoms with Crippen LogP contribution in [0.5, 0.6) is 0 Å². The summed E-state index contributed by atoms with van der Waals surface area (Å²) < 4.78 is 0. The Bertz CT molecular complexity index is 328. The minimum atomic E-state index is -0.0666. The van der Waals surface area contributed by atoms with Crippen LogP contribution in [0.3, 0.4) is 0 Å². The maximum atomic E-state index is 11.8. The smallest absolute Gasteiger partial charge is 0.284 e. The van der Waals surface area contributed by atoms with Gasteiger partial charge in [-0.3, -0.25) is 4.79 Å². The summed E-state index contributed by atoms with van der Waals surface area (Å²) in [6.45, 7) is 0.731. The molecule has 1 heterocycles. The number of nitrogens with zero attached hydrogens (tertiary/aromatic N) is 3. The minimum absolute atomic E-state index is 0.0666. The van der Waals surface area contributed by atoms with Gasteiger partial charge in [-0.05, 0) is 6.26 Å². The van der Waals surface area contributed by atoms with Gasteiger partial charge in [0, 0.05) is 26.4 Å². The van der Waals surface area contributed by atoms with Gasteiger partial charge in [0.2, 0.25) is 10.1 Å². The molecule has 0 atom stereocenters. The Morgan fingerprint density at radius 1 is 1.60 bits per heavy atom. The third-order valence-corrected chi connectivity index (χ3v) is 3.32. The molecule has 0 bridgehead atoms. The lowest BCUT2D eigenvalue weighted by atomic mass is 10.5. The molecule has 0 aliphatic carbocycles. The van der Waals surface area contributed by atoms with E-state index < -0.39 is 0 Å². The lowest BCUT2D eigenvalue weighted by Crippen LogP contribution is -2.28. The highest BCUT2D eigenvalue weighted by Gasteiger charge is 2.16. The number of hydrogen-bond donors (Lipinski definition) is 1. The highest BCUT2D eigenvalue weighted by molar-refractivity contribution is 7.98. The molecule has 84 valence electrons. The van der Waals surface area contributed by atoms with Crippen molar-refractivity contribution in [2.24, 2.45) is 0 Å². The van der Waals surface area contributed by atoms with E-state index in [2.05, 4.69) is 15.5 Å². The number of nitrogens with one attached hydrogen (secondary N) is 1. The molecule has 0 aliphatic rings. The van der Waals surface area contributed by atoms with Crippen molar-refractivity contribution in [2.45, 2.75) is 0 Å². The summed E-state index contributed by atoms with van der Waals surface area (Å²) in [4.78, 5) is 13.4. The van der Waals surface area contributed by atoms with Gasteiger partial charge in [0.05, 0.1) is 0 Å². The Labute approximate surface area is 97.3 Å². The van der Waals surface area contributed by atoms with E-state index >= 15 is 0 Å². The van der Waals surface area contributed by atoms with Crippen LogP contribution >= 0.6 is 23.1 Å². The first kappa shape index (κ1) is 12.3. The molecule has 0 saturated heterocycles. The predicted octanol–water partition coefficient (Wildman–Crippen LogP) is 1.01. The zero-order valence-corrected chi connectivity index (χ0v) is 10.6. The van der Waals surface area contributed by atoms with Crippen molar-refractivity contribution in [3.63, 3.8) is 0 Å². The summed E-state index contributed by atoms with van der Waals surface area (Å²) in [6, 6.07) is 0. The Kier molecular flexibility index (Phi) is 4.83. The number of carbonyl (C=O) groups is 1. The largest absolute Gasteiger partial charge is 0.363 e. The third-order valence-electron chi connectivity index (χ3n) is 1.80. The maximum absolute atomic E-state index is 11.8. The fourth-order valence-electron chi connectivity index (χ4n) is 0.904. The summed E-state index contributed by atoms with van der Waals surface area (Å²) in [5, 5.41) is 11.6. The molecule has 1 aromatic rings. The second kappa shape index (κ2) is 5.92. The average Bonchev–Trinajstić information content (AvgIpc) is 2.73. The Morgan fingerprint density at radius 2 is 2.33 bits per heavy atom. The predicted molar refractivity (Wildman–Crippen MR) is 64.8 cm³/mol. The summed E-state index contributed by atoms with van der Waals surface area (Å²) >= 11 is 2.98. The quantitative estimate of drug-likeness (QED) is 0.840. The van der Waals surface area contributed by atoms with E-state index in [9.17, 15) is 4.79 Å². The summed E-state index contributed by atoms with van der Waals surface area (Å²) in [6.07, 6.45) is 2.02. The van der Waals surface area contributed by atoms with Crippen LogP contribution in [0.4, 0.5) is 5.13 Å². The molecule has 1 rings (SSSR count). The first-order chi connectivity index (χ1) is 7.19. The average molecular weight is 246 g/mol. The van der Waals surface area contributed by atoms with Gasteiger partial charge < -0.3 is 10.2 Å². The number of amides is 1. The SMILES string of the molecule is CNc1nnc(C(=O)N(C)CCSC)s1. The van der Waals surface area contributed by atoms with Gasteiger partial charge in [-0.25, -0.2) is 0 Å². The minimum Gasteiger partial charge on any atom is -0.363 e. The highest BCUT2D eigenvalue weighted by atomic mass is 32.2. The van der Waals surface area contributed by atoms with Crippen molar-refractivity contribution in [2.75, 3.05) is 38.0 Å². The number of anilines is 1. The van der Waals surface area contributed by atoms with Crippen LogP contribution in [0.15, 0.2) is 0 Å². The molecule has 0 saturated carbocycles. The number of carbonyl (C=O) groups excluding carboxylic acids is 1. The van der Waals surface area contributed by atoms with E-state index in [4.69, 9.17) is 0 Å². The van der Waals surface area contributed by atoms with Crippen molar-refractivity contribution >= 4 is 34.1 Å². The van der Waals surface area contributed by atoms with Crippen LogP contribution in [0.2, 0.25) is 0 Å². The van der Waals surface area contributed by atoms with Gasteiger partial charge in [-0.1, -0.05) is 11.3 Å². The number of hydrogen-bond acceptors (Lipinski definition) is 6. The van der Waals surface area contributed by atoms with Crippen LogP contribution < -0.4 is 5.32 Å². The van der Waals surface area contributed by atoms with E-state index in [0.717, 1.165) is 12.3 Å². The Hall–Kier alpha value is -0.820. The molecule has 1 aromatic heterocycles. The maximum Gasteiger partial charge on any atom is 0.284 e. The standard InChI is InChI=1S/C8H14N4OS2/c1-9-8-11-10-6(15-8)7(13)12(2)4-5-14-3/h4-5H2,1-3H3,(H,9,11). The molecule has 7 heteroatoms. The van der Waals surface area contributed by atoms with Gasteiger partial charge in [0.25, 0.3) is 5.91 Å². The fourth-order valence-corrected chi connectivity index (χ4v) is 2.05. The summed E-state index contributed by atoms with van der Waals surface area (Å²) in [7, 11) is 3.53. The van der Waals surface area contributed by atoms with E-state index in [1.54, 1.807) is 30.8 Å². The molecule has 0 aliphatic heterocycles. The first-order valence-electron chi connectivity index (χ1n) is 4.44. The van der Waals surface area contributed by atoms with Gasteiger partial charge in [-0.15, -0.1) is 10.2 Å². The second-order valence-corrected chi connectivity index (χ2v) is 4.84. The van der Waals surface area contributed by atoms with Gasteiger partial charge in [0.15, 0.2) is 0 Å². The van der Waals surface area contributed by atoms with Crippen LogP contribution in [-0.4, -0.2) is 53.7 Å². The van der Waals surface area contributed by atoms with Crippen molar-refractivity contribution in [1.29, 1.82) is 0 Å². The summed E-state index contributed by atoms with van der Waals surface area (Å²) in [5.41, 5.74) is 0. The lowest BCUT2D eigenvalue weighted by Gasteiger charge is -2.13. The normalized spacial score (nSPS) is 10.1. The molecule has 0 radical (unpaired) electrons. The Morgan fingerprint density at radius 3 is 2.87 bits per heavy atom. The van der Waals surface area contributed by atoms with E-state index in [1.165, 1.54) is 11.3 Å². The fraction of sp³-hybridized carbons (Fsp3) is 0.625. The molecule has 15 heavy (non-hydrogen) atoms. The monoisotopic (exact) mass is 246 g/mol. The van der Waals surface area contributed by atoms with Crippen molar-refractivity contribution in [3.8, 4) is 0 Å². The van der Waals surface area contributed by atoms with E-state index in [-0.39, 0.29) is 5.91 Å². The zero-order valence-electron chi connectivity index (χ0n) is 8.98. The van der Waals surface area contributed by atoms with Gasteiger partial charge in [-0.2, -0.15) is 11.8 Å². The molecule has 1 amide bonds. The Balaban J connectivity index is 2.59. The van der Waals surface area contributed by atoms with Crippen LogP contribution in [-0.2, 0) is 0 Å². The highest BCUT2D eigenvalue weighted by Crippen LogP contribution is 2.15. The van der Waals surface area contributed by atoms with E-state index in [0.29, 0.717) is 10.1 Å². The summed E-state index contributed by atoms with van der Waals surface area (Å²) in [5.74, 6) is 0.864.